The van der Waals surface area contributed by atoms with E-state index in [9.17, 15) is 18.0 Å². The lowest BCUT2D eigenvalue weighted by Crippen LogP contribution is -2.54. The molecule has 12 heteroatoms. The highest BCUT2D eigenvalue weighted by Gasteiger charge is 2.35. The minimum Gasteiger partial charge on any atom is -0.492 e. The quantitative estimate of drug-likeness (QED) is 0.174. The smallest absolute Gasteiger partial charge is 0.264 e. The molecular formula is C34H41Cl2N3O5S2. The summed E-state index contributed by atoms with van der Waals surface area (Å²) in [5.74, 6) is -0.520. The minimum absolute atomic E-state index is 0.0190. The van der Waals surface area contributed by atoms with Crippen molar-refractivity contribution < 1.29 is 22.7 Å². The summed E-state index contributed by atoms with van der Waals surface area (Å²) in [6.45, 7) is 3.34. The van der Waals surface area contributed by atoms with Gasteiger partial charge < -0.3 is 15.0 Å². The van der Waals surface area contributed by atoms with Gasteiger partial charge in [0.2, 0.25) is 11.8 Å². The van der Waals surface area contributed by atoms with Crippen LogP contribution in [0.4, 0.5) is 5.69 Å². The van der Waals surface area contributed by atoms with Crippen LogP contribution < -0.4 is 14.4 Å². The van der Waals surface area contributed by atoms with Crippen molar-refractivity contribution in [3.63, 3.8) is 0 Å². The largest absolute Gasteiger partial charge is 0.492 e. The van der Waals surface area contributed by atoms with E-state index in [4.69, 9.17) is 27.9 Å². The maximum Gasteiger partial charge on any atom is 0.264 e. The first kappa shape index (κ1) is 35.9. The standard InChI is InChI=1S/C34H41Cl2N3O5S2/c1-4-30(34(41)37-26-11-7-6-8-12-26)38(22-24-15-16-25(35)21-29(24)36)33(40)23-39(31-13-9-10-14-32(31)44-5-2)46(42,43)28-19-17-27(45-3)18-20-28/h9-10,13-21,26,30H,4-8,11-12,22-23H2,1-3H3,(H,37,41)/t30-/m0/s1. The number of halogens is 2. The highest BCUT2D eigenvalue weighted by Crippen LogP contribution is 2.34. The number of nitrogens with one attached hydrogen (secondary N) is 1. The van der Waals surface area contributed by atoms with Crippen molar-refractivity contribution in [1.82, 2.24) is 10.2 Å². The molecule has 0 heterocycles. The van der Waals surface area contributed by atoms with Crippen LogP contribution in [0.1, 0.15) is 57.9 Å². The monoisotopic (exact) mass is 705 g/mol. The molecule has 1 N–H and O–H groups in total. The second kappa shape index (κ2) is 16.8. The molecule has 2 amide bonds. The molecule has 0 aromatic heterocycles. The zero-order valence-corrected chi connectivity index (χ0v) is 29.5. The third kappa shape index (κ3) is 8.91. The molecule has 0 spiro atoms. The first-order valence-corrected chi connectivity index (χ1v) is 18.9. The van der Waals surface area contributed by atoms with Crippen LogP contribution in [-0.4, -0.2) is 56.6 Å². The maximum absolute atomic E-state index is 14.5. The van der Waals surface area contributed by atoms with Crippen molar-refractivity contribution in [1.29, 1.82) is 0 Å². The fourth-order valence-electron chi connectivity index (χ4n) is 5.63. The molecule has 1 saturated carbocycles. The van der Waals surface area contributed by atoms with E-state index in [2.05, 4.69) is 5.32 Å². The van der Waals surface area contributed by atoms with Crippen molar-refractivity contribution >= 4 is 62.5 Å². The number of nitrogens with zero attached hydrogens (tertiary/aromatic N) is 2. The van der Waals surface area contributed by atoms with E-state index in [0.717, 1.165) is 41.3 Å². The van der Waals surface area contributed by atoms with E-state index in [0.29, 0.717) is 34.4 Å². The van der Waals surface area contributed by atoms with Gasteiger partial charge in [-0.25, -0.2) is 8.42 Å². The van der Waals surface area contributed by atoms with Gasteiger partial charge in [0.15, 0.2) is 0 Å². The van der Waals surface area contributed by atoms with Gasteiger partial charge in [-0.05, 0) is 86.5 Å². The number of carbonyl (C=O) groups excluding carboxylic acids is 2. The number of sulfonamides is 1. The molecule has 248 valence electrons. The fourth-order valence-corrected chi connectivity index (χ4v) is 7.93. The molecule has 8 nitrogen and oxygen atoms in total. The van der Waals surface area contributed by atoms with Crippen molar-refractivity contribution in [3.05, 3.63) is 82.3 Å². The van der Waals surface area contributed by atoms with E-state index in [1.165, 1.54) is 28.8 Å². The lowest BCUT2D eigenvalue weighted by Gasteiger charge is -2.35. The Morgan fingerprint density at radius 3 is 2.33 bits per heavy atom. The molecule has 1 atom stereocenters. The molecule has 0 saturated heterocycles. The van der Waals surface area contributed by atoms with E-state index in [1.54, 1.807) is 61.5 Å². The van der Waals surface area contributed by atoms with Gasteiger partial charge in [0, 0.05) is 27.5 Å². The van der Waals surface area contributed by atoms with Gasteiger partial charge in [0.05, 0.1) is 17.2 Å². The van der Waals surface area contributed by atoms with Crippen LogP contribution in [0.5, 0.6) is 5.75 Å². The number of carbonyl (C=O) groups is 2. The van der Waals surface area contributed by atoms with Gasteiger partial charge >= 0.3 is 0 Å². The van der Waals surface area contributed by atoms with Gasteiger partial charge in [-0.2, -0.15) is 0 Å². The Bertz CT molecular complexity index is 1600. The van der Waals surface area contributed by atoms with E-state index >= 15 is 0 Å². The molecule has 1 aliphatic rings. The zero-order valence-electron chi connectivity index (χ0n) is 26.4. The number of ether oxygens (including phenoxy) is 1. The number of hydrogen-bond donors (Lipinski definition) is 1. The predicted octanol–water partition coefficient (Wildman–Crippen LogP) is 7.57. The summed E-state index contributed by atoms with van der Waals surface area (Å²) < 4.78 is 35.5. The second-order valence-corrected chi connectivity index (χ2v) is 14.7. The van der Waals surface area contributed by atoms with Crippen LogP contribution in [0.25, 0.3) is 0 Å². The predicted molar refractivity (Wildman–Crippen MR) is 186 cm³/mol. The van der Waals surface area contributed by atoms with Crippen molar-refractivity contribution in [3.8, 4) is 5.75 Å². The number of rotatable bonds is 14. The van der Waals surface area contributed by atoms with Crippen LogP contribution in [0.3, 0.4) is 0 Å². The summed E-state index contributed by atoms with van der Waals surface area (Å²) in [5.41, 5.74) is 0.802. The van der Waals surface area contributed by atoms with Crippen LogP contribution in [0.2, 0.25) is 10.0 Å². The minimum atomic E-state index is -4.26. The highest BCUT2D eigenvalue weighted by atomic mass is 35.5. The molecule has 4 rings (SSSR count). The Balaban J connectivity index is 1.76. The summed E-state index contributed by atoms with van der Waals surface area (Å²) in [6, 6.07) is 17.3. The number of para-hydroxylation sites is 2. The molecule has 0 aliphatic heterocycles. The summed E-state index contributed by atoms with van der Waals surface area (Å²) >= 11 is 14.2. The molecule has 0 unspecified atom stereocenters. The first-order chi connectivity index (χ1) is 22.1. The Morgan fingerprint density at radius 2 is 1.70 bits per heavy atom. The number of thioether (sulfide) groups is 1. The third-order valence-corrected chi connectivity index (χ3v) is 11.2. The third-order valence-electron chi connectivity index (χ3n) is 8.05. The van der Waals surface area contributed by atoms with Crippen molar-refractivity contribution in [2.45, 2.75) is 80.8 Å². The molecule has 3 aromatic carbocycles. The molecule has 3 aromatic rings. The molecular weight excluding hydrogens is 665 g/mol. The van der Waals surface area contributed by atoms with Crippen molar-refractivity contribution in [2.24, 2.45) is 0 Å². The van der Waals surface area contributed by atoms with Crippen LogP contribution >= 0.6 is 35.0 Å². The lowest BCUT2D eigenvalue weighted by atomic mass is 9.95. The fraction of sp³-hybridized carbons (Fsp3) is 0.412. The molecule has 46 heavy (non-hydrogen) atoms. The number of benzene rings is 3. The normalized spacial score (nSPS) is 14.4. The average Bonchev–Trinajstić information content (AvgIpc) is 3.05. The Morgan fingerprint density at radius 1 is 1.00 bits per heavy atom. The van der Waals surface area contributed by atoms with Crippen molar-refractivity contribution in [2.75, 3.05) is 23.7 Å². The Kier molecular flexibility index (Phi) is 13.1. The molecule has 0 bridgehead atoms. The summed E-state index contributed by atoms with van der Waals surface area (Å²) in [5, 5.41) is 3.93. The van der Waals surface area contributed by atoms with Crippen LogP contribution in [-0.2, 0) is 26.2 Å². The van der Waals surface area contributed by atoms with Crippen LogP contribution in [0.15, 0.2) is 76.5 Å². The van der Waals surface area contributed by atoms with Gasteiger partial charge in [0.25, 0.3) is 10.0 Å². The number of amides is 2. The number of anilines is 1. The molecule has 1 fully saturated rings. The van der Waals surface area contributed by atoms with Gasteiger partial charge in [0.1, 0.15) is 18.3 Å². The highest BCUT2D eigenvalue weighted by molar-refractivity contribution is 7.98. The van der Waals surface area contributed by atoms with E-state index < -0.39 is 28.5 Å². The molecule has 1 aliphatic carbocycles. The number of hydrogen-bond acceptors (Lipinski definition) is 6. The zero-order chi connectivity index (χ0) is 33.3. The lowest BCUT2D eigenvalue weighted by molar-refractivity contribution is -0.140. The first-order valence-electron chi connectivity index (χ1n) is 15.5. The summed E-state index contributed by atoms with van der Waals surface area (Å²) in [4.78, 5) is 30.6. The van der Waals surface area contributed by atoms with Gasteiger partial charge in [-0.3, -0.25) is 13.9 Å². The SMILES string of the molecule is CCOc1ccccc1N(CC(=O)N(Cc1ccc(Cl)cc1Cl)[C@@H](CC)C(=O)NC1CCCCC1)S(=O)(=O)c1ccc(SC)cc1. The second-order valence-electron chi connectivity index (χ2n) is 11.1. The summed E-state index contributed by atoms with van der Waals surface area (Å²) in [6.07, 6.45) is 7.19. The maximum atomic E-state index is 14.5. The Labute approximate surface area is 286 Å². The summed E-state index contributed by atoms with van der Waals surface area (Å²) in [7, 11) is -4.26. The average molecular weight is 707 g/mol. The topological polar surface area (TPSA) is 96.0 Å². The van der Waals surface area contributed by atoms with E-state index in [-0.39, 0.29) is 29.1 Å². The van der Waals surface area contributed by atoms with Gasteiger partial charge in [-0.15, -0.1) is 11.8 Å². The van der Waals surface area contributed by atoms with Crippen LogP contribution in [0, 0.1) is 0 Å². The van der Waals surface area contributed by atoms with E-state index in [1.807, 2.05) is 13.2 Å². The molecule has 0 radical (unpaired) electrons. The Hall–Kier alpha value is -2.92. The van der Waals surface area contributed by atoms with Gasteiger partial charge in [-0.1, -0.05) is 67.6 Å².